The van der Waals surface area contributed by atoms with Crippen LogP contribution in [-0.2, 0) is 29.6 Å². The summed E-state index contributed by atoms with van der Waals surface area (Å²) in [4.78, 5) is 11.6. The number of rotatable bonds is 4. The number of nitrogen functional groups attached to an aromatic ring is 1. The largest absolute Gasteiger partial charge is 0.459 e. The molecule has 2 N–H and O–H groups in total. The second-order valence-corrected chi connectivity index (χ2v) is 3.97. The number of anilines is 1. The number of nitrogens with zero attached hydrogens (tertiary/aromatic N) is 3. The molecule has 0 unspecified atom stereocenters. The van der Waals surface area contributed by atoms with Crippen LogP contribution in [0.2, 0.25) is 0 Å². The van der Waals surface area contributed by atoms with Crippen molar-refractivity contribution in [2.75, 3.05) is 5.73 Å². The minimum absolute atomic E-state index is 0.134. The van der Waals surface area contributed by atoms with Gasteiger partial charge in [-0.15, -0.1) is 5.10 Å². The number of carbonyl (C=O) groups excluding carboxylic acids is 1. The van der Waals surface area contributed by atoms with Crippen molar-refractivity contribution in [2.45, 2.75) is 13.0 Å². The molecule has 0 fully saturated rings. The first kappa shape index (κ1) is 12.1. The molecule has 0 bridgehead atoms. The maximum Gasteiger partial charge on any atom is 0.310 e. The van der Waals surface area contributed by atoms with Gasteiger partial charge in [0.05, 0.1) is 12.6 Å². The summed E-state index contributed by atoms with van der Waals surface area (Å²) in [7, 11) is 1.76. The summed E-state index contributed by atoms with van der Waals surface area (Å²) >= 11 is 0. The number of esters is 1. The van der Waals surface area contributed by atoms with Crippen LogP contribution in [0.15, 0.2) is 30.5 Å². The Bertz CT molecular complexity index is 551. The summed E-state index contributed by atoms with van der Waals surface area (Å²) in [6.07, 6.45) is 1.90. The van der Waals surface area contributed by atoms with Crippen LogP contribution in [0.25, 0.3) is 0 Å². The molecule has 0 spiro atoms. The van der Waals surface area contributed by atoms with Crippen molar-refractivity contribution in [3.8, 4) is 0 Å². The lowest BCUT2D eigenvalue weighted by molar-refractivity contribution is -0.144. The van der Waals surface area contributed by atoms with Gasteiger partial charge in [-0.1, -0.05) is 17.3 Å². The molecule has 0 atom stereocenters. The molecular formula is C12H14N4O2. The predicted octanol–water partition coefficient (Wildman–Crippen LogP) is 0.683. The quantitative estimate of drug-likeness (QED) is 0.633. The zero-order valence-corrected chi connectivity index (χ0v) is 10.0. The highest BCUT2D eigenvalue weighted by molar-refractivity contribution is 5.72. The van der Waals surface area contributed by atoms with E-state index in [9.17, 15) is 4.79 Å². The van der Waals surface area contributed by atoms with E-state index in [0.29, 0.717) is 11.4 Å². The van der Waals surface area contributed by atoms with Gasteiger partial charge in [-0.05, 0) is 17.7 Å². The van der Waals surface area contributed by atoms with Gasteiger partial charge < -0.3 is 10.5 Å². The molecular weight excluding hydrogens is 232 g/mol. The third-order valence-electron chi connectivity index (χ3n) is 2.33. The maximum atomic E-state index is 11.6. The summed E-state index contributed by atoms with van der Waals surface area (Å²) < 4.78 is 6.65. The molecule has 94 valence electrons. The molecule has 0 saturated carbocycles. The number of hydrogen-bond acceptors (Lipinski definition) is 5. The molecule has 0 amide bonds. The summed E-state index contributed by atoms with van der Waals surface area (Å²) in [6, 6.07) is 7.17. The summed E-state index contributed by atoms with van der Waals surface area (Å²) in [6.45, 7) is 0.134. The van der Waals surface area contributed by atoms with Gasteiger partial charge >= 0.3 is 5.97 Å². The molecule has 0 aliphatic carbocycles. The Kier molecular flexibility index (Phi) is 3.57. The summed E-state index contributed by atoms with van der Waals surface area (Å²) in [5.74, 6) is -0.314. The number of nitrogens with two attached hydrogens (primary N) is 1. The van der Waals surface area contributed by atoms with Crippen LogP contribution in [-0.4, -0.2) is 21.0 Å². The molecule has 6 nitrogen and oxygen atoms in total. The van der Waals surface area contributed by atoms with E-state index in [1.807, 2.05) is 6.07 Å². The zero-order chi connectivity index (χ0) is 13.0. The Labute approximate surface area is 104 Å². The molecule has 0 aliphatic rings. The minimum Gasteiger partial charge on any atom is -0.459 e. The molecule has 2 rings (SSSR count). The Balaban J connectivity index is 1.85. The highest BCUT2D eigenvalue weighted by Gasteiger charge is 2.07. The van der Waals surface area contributed by atoms with Crippen molar-refractivity contribution in [3.63, 3.8) is 0 Å². The molecule has 0 aliphatic heterocycles. The second-order valence-electron chi connectivity index (χ2n) is 3.97. The van der Waals surface area contributed by atoms with Crippen LogP contribution < -0.4 is 5.73 Å². The molecule has 0 radical (unpaired) electrons. The molecule has 1 heterocycles. The number of carbonyl (C=O) groups is 1. The SMILES string of the molecule is Cn1cc(COC(=O)Cc2cccc(N)c2)nn1. The van der Waals surface area contributed by atoms with Crippen molar-refractivity contribution in [2.24, 2.45) is 7.05 Å². The lowest BCUT2D eigenvalue weighted by Crippen LogP contribution is -2.08. The fourth-order valence-corrected chi connectivity index (χ4v) is 1.54. The van der Waals surface area contributed by atoms with Crippen LogP contribution in [0.5, 0.6) is 0 Å². The third-order valence-corrected chi connectivity index (χ3v) is 2.33. The number of aryl methyl sites for hydroxylation is 1. The van der Waals surface area contributed by atoms with Gasteiger partial charge in [0.2, 0.25) is 0 Å². The molecule has 0 saturated heterocycles. The number of benzene rings is 1. The summed E-state index contributed by atoms with van der Waals surface area (Å²) in [5, 5.41) is 7.57. The van der Waals surface area contributed by atoms with Crippen molar-refractivity contribution in [1.82, 2.24) is 15.0 Å². The standard InChI is InChI=1S/C12H14N4O2/c1-16-7-11(14-15-16)8-18-12(17)6-9-3-2-4-10(13)5-9/h2-5,7H,6,8,13H2,1H3. The minimum atomic E-state index is -0.314. The number of aromatic nitrogens is 3. The van der Waals surface area contributed by atoms with E-state index < -0.39 is 0 Å². The second kappa shape index (κ2) is 5.31. The van der Waals surface area contributed by atoms with E-state index in [1.54, 1.807) is 36.1 Å². The van der Waals surface area contributed by atoms with Crippen molar-refractivity contribution < 1.29 is 9.53 Å². The lowest BCUT2D eigenvalue weighted by atomic mass is 10.1. The fourth-order valence-electron chi connectivity index (χ4n) is 1.54. The number of ether oxygens (including phenoxy) is 1. The molecule has 1 aromatic heterocycles. The maximum absolute atomic E-state index is 11.6. The van der Waals surface area contributed by atoms with E-state index >= 15 is 0 Å². The van der Waals surface area contributed by atoms with E-state index in [1.165, 1.54) is 0 Å². The number of hydrogen-bond donors (Lipinski definition) is 1. The topological polar surface area (TPSA) is 83.0 Å². The Morgan fingerprint density at radius 2 is 2.33 bits per heavy atom. The van der Waals surface area contributed by atoms with Crippen molar-refractivity contribution in [3.05, 3.63) is 41.7 Å². The van der Waals surface area contributed by atoms with Gasteiger partial charge in [-0.25, -0.2) is 0 Å². The first-order valence-electron chi connectivity index (χ1n) is 5.49. The van der Waals surface area contributed by atoms with Crippen LogP contribution in [0, 0.1) is 0 Å². The van der Waals surface area contributed by atoms with E-state index in [-0.39, 0.29) is 19.0 Å². The van der Waals surface area contributed by atoms with E-state index in [2.05, 4.69) is 10.3 Å². The normalized spacial score (nSPS) is 10.3. The van der Waals surface area contributed by atoms with Crippen molar-refractivity contribution in [1.29, 1.82) is 0 Å². The Morgan fingerprint density at radius 1 is 1.50 bits per heavy atom. The van der Waals surface area contributed by atoms with Gasteiger partial charge in [0.25, 0.3) is 0 Å². The van der Waals surface area contributed by atoms with E-state index in [0.717, 1.165) is 5.56 Å². The van der Waals surface area contributed by atoms with Gasteiger partial charge in [0.15, 0.2) is 0 Å². The van der Waals surface area contributed by atoms with Crippen LogP contribution in [0.4, 0.5) is 5.69 Å². The molecule has 18 heavy (non-hydrogen) atoms. The Hall–Kier alpha value is -2.37. The van der Waals surface area contributed by atoms with Gasteiger partial charge in [-0.2, -0.15) is 0 Å². The monoisotopic (exact) mass is 246 g/mol. The molecule has 2 aromatic rings. The highest BCUT2D eigenvalue weighted by Crippen LogP contribution is 2.08. The predicted molar refractivity (Wildman–Crippen MR) is 65.4 cm³/mol. The third kappa shape index (κ3) is 3.31. The lowest BCUT2D eigenvalue weighted by Gasteiger charge is -2.03. The van der Waals surface area contributed by atoms with Gasteiger partial charge in [-0.3, -0.25) is 9.48 Å². The highest BCUT2D eigenvalue weighted by atomic mass is 16.5. The summed E-state index contributed by atoms with van der Waals surface area (Å²) in [5.41, 5.74) is 7.72. The smallest absolute Gasteiger partial charge is 0.310 e. The van der Waals surface area contributed by atoms with Crippen LogP contribution in [0.1, 0.15) is 11.3 Å². The Morgan fingerprint density at radius 3 is 3.00 bits per heavy atom. The molecule has 6 heteroatoms. The average molecular weight is 246 g/mol. The first-order chi connectivity index (χ1) is 8.63. The van der Waals surface area contributed by atoms with Gasteiger partial charge in [0.1, 0.15) is 12.3 Å². The van der Waals surface area contributed by atoms with E-state index in [4.69, 9.17) is 10.5 Å². The van der Waals surface area contributed by atoms with Crippen LogP contribution in [0.3, 0.4) is 0 Å². The average Bonchev–Trinajstić information content (AvgIpc) is 2.73. The molecule has 1 aromatic carbocycles. The first-order valence-corrected chi connectivity index (χ1v) is 5.49. The van der Waals surface area contributed by atoms with Crippen molar-refractivity contribution >= 4 is 11.7 Å². The van der Waals surface area contributed by atoms with Crippen LogP contribution >= 0.6 is 0 Å². The van der Waals surface area contributed by atoms with Gasteiger partial charge in [0, 0.05) is 12.7 Å². The zero-order valence-electron chi connectivity index (χ0n) is 10.0. The fraction of sp³-hybridized carbons (Fsp3) is 0.250.